The van der Waals surface area contributed by atoms with Crippen LogP contribution in [0.25, 0.3) is 76.9 Å². The molecule has 2 aromatic heterocycles. The van der Waals surface area contributed by atoms with Crippen molar-refractivity contribution < 1.29 is 8.83 Å². The van der Waals surface area contributed by atoms with Crippen molar-refractivity contribution in [2.45, 2.75) is 0 Å². The lowest BCUT2D eigenvalue weighted by atomic mass is 9.98. The van der Waals surface area contributed by atoms with E-state index in [1.165, 1.54) is 11.1 Å². The van der Waals surface area contributed by atoms with Crippen molar-refractivity contribution >= 4 is 71.7 Å². The fourth-order valence-electron chi connectivity index (χ4n) is 7.30. The summed E-state index contributed by atoms with van der Waals surface area (Å²) >= 11 is 0. The molecule has 0 amide bonds. The third-order valence-corrected chi connectivity index (χ3v) is 9.63. The normalized spacial score (nSPS) is 11.7. The van der Waals surface area contributed by atoms with Crippen LogP contribution in [0.15, 0.2) is 185 Å². The fraction of sp³-hybridized carbons (Fsp3) is 0. The first-order chi connectivity index (χ1) is 24.3. The van der Waals surface area contributed by atoms with Gasteiger partial charge in [0.15, 0.2) is 0 Å². The van der Waals surface area contributed by atoms with Crippen LogP contribution in [0.2, 0.25) is 0 Å². The maximum absolute atomic E-state index is 6.25. The lowest BCUT2D eigenvalue weighted by Gasteiger charge is -2.26. The third kappa shape index (κ3) is 4.59. The number of hydrogen-bond acceptors (Lipinski definition) is 3. The topological polar surface area (TPSA) is 29.5 Å². The second-order valence-corrected chi connectivity index (χ2v) is 12.6. The highest BCUT2D eigenvalue weighted by Crippen LogP contribution is 2.42. The van der Waals surface area contributed by atoms with Crippen molar-refractivity contribution in [1.82, 2.24) is 0 Å². The van der Waals surface area contributed by atoms with Crippen LogP contribution in [0.3, 0.4) is 0 Å². The van der Waals surface area contributed by atoms with E-state index in [1.807, 2.05) is 24.3 Å². The smallest absolute Gasteiger partial charge is 0.136 e. The number of fused-ring (bicyclic) bond motifs is 7. The first kappa shape index (κ1) is 27.5. The van der Waals surface area contributed by atoms with E-state index in [-0.39, 0.29) is 0 Å². The van der Waals surface area contributed by atoms with E-state index in [1.54, 1.807) is 0 Å². The Hall–Kier alpha value is -6.58. The van der Waals surface area contributed by atoms with Gasteiger partial charge in [0.05, 0.1) is 0 Å². The summed E-state index contributed by atoms with van der Waals surface area (Å²) in [6.45, 7) is 0. The summed E-state index contributed by atoms with van der Waals surface area (Å²) in [5.41, 5.74) is 11.5. The number of nitrogens with zero attached hydrogens (tertiary/aromatic N) is 1. The molecule has 0 aliphatic carbocycles. The SMILES string of the molecule is c1ccc(-c2ccc(N(c3cccc(-c4cccc5oc6ccccc6c45)c3)c3ccc4cc5oc6ccccc6c5cc4c3)cc2)cc1. The Morgan fingerprint density at radius 1 is 0.327 bits per heavy atom. The van der Waals surface area contributed by atoms with Crippen LogP contribution in [-0.2, 0) is 0 Å². The second kappa shape index (κ2) is 11.0. The summed E-state index contributed by atoms with van der Waals surface area (Å²) in [5.74, 6) is 0. The molecule has 230 valence electrons. The van der Waals surface area contributed by atoms with Crippen LogP contribution < -0.4 is 4.90 Å². The Kier molecular flexibility index (Phi) is 6.18. The van der Waals surface area contributed by atoms with Crippen molar-refractivity contribution in [3.05, 3.63) is 176 Å². The number of para-hydroxylation sites is 2. The van der Waals surface area contributed by atoms with Gasteiger partial charge in [-0.1, -0.05) is 109 Å². The molecule has 0 aliphatic heterocycles. The van der Waals surface area contributed by atoms with Crippen molar-refractivity contribution in [1.29, 1.82) is 0 Å². The maximum Gasteiger partial charge on any atom is 0.136 e. The summed E-state index contributed by atoms with van der Waals surface area (Å²) in [5, 5.41) is 6.82. The molecule has 3 heteroatoms. The molecular weight excluding hydrogens is 599 g/mol. The van der Waals surface area contributed by atoms with Crippen LogP contribution in [0, 0.1) is 0 Å². The van der Waals surface area contributed by atoms with Gasteiger partial charge in [-0.15, -0.1) is 0 Å². The van der Waals surface area contributed by atoms with Crippen LogP contribution >= 0.6 is 0 Å². The van der Waals surface area contributed by atoms with Crippen molar-refractivity contribution in [2.75, 3.05) is 4.90 Å². The van der Waals surface area contributed by atoms with Crippen molar-refractivity contribution in [2.24, 2.45) is 0 Å². The number of benzene rings is 8. The van der Waals surface area contributed by atoms with Gasteiger partial charge in [-0.3, -0.25) is 0 Å². The minimum absolute atomic E-state index is 0.894. The molecule has 0 atom stereocenters. The molecule has 0 fully saturated rings. The molecule has 0 unspecified atom stereocenters. The zero-order valence-electron chi connectivity index (χ0n) is 26.5. The van der Waals surface area contributed by atoms with Gasteiger partial charge in [0.25, 0.3) is 0 Å². The van der Waals surface area contributed by atoms with Crippen molar-refractivity contribution in [3.8, 4) is 22.3 Å². The Bertz CT molecular complexity index is 2830. The zero-order valence-corrected chi connectivity index (χ0v) is 26.5. The summed E-state index contributed by atoms with van der Waals surface area (Å²) in [7, 11) is 0. The summed E-state index contributed by atoms with van der Waals surface area (Å²) in [6.07, 6.45) is 0. The molecule has 8 aromatic carbocycles. The van der Waals surface area contributed by atoms with E-state index >= 15 is 0 Å². The van der Waals surface area contributed by atoms with Gasteiger partial charge in [0, 0.05) is 38.6 Å². The molecule has 0 aliphatic rings. The highest BCUT2D eigenvalue weighted by molar-refractivity contribution is 6.13. The van der Waals surface area contributed by atoms with E-state index in [2.05, 4.69) is 157 Å². The molecule has 10 aromatic rings. The number of furan rings is 2. The predicted octanol–water partition coefficient (Wildman–Crippen LogP) is 13.4. The summed E-state index contributed by atoms with van der Waals surface area (Å²) < 4.78 is 12.5. The van der Waals surface area contributed by atoms with Gasteiger partial charge in [-0.25, -0.2) is 0 Å². The van der Waals surface area contributed by atoms with E-state index < -0.39 is 0 Å². The Morgan fingerprint density at radius 3 is 1.82 bits per heavy atom. The van der Waals surface area contributed by atoms with Crippen molar-refractivity contribution in [3.63, 3.8) is 0 Å². The molecule has 0 spiro atoms. The van der Waals surface area contributed by atoms with Gasteiger partial charge in [-0.05, 0) is 99.8 Å². The van der Waals surface area contributed by atoms with Gasteiger partial charge >= 0.3 is 0 Å². The Labute approximate surface area is 282 Å². The maximum atomic E-state index is 6.25. The predicted molar refractivity (Wildman–Crippen MR) is 204 cm³/mol. The molecule has 2 heterocycles. The van der Waals surface area contributed by atoms with Crippen LogP contribution in [0.1, 0.15) is 0 Å². The minimum atomic E-state index is 0.894. The molecule has 49 heavy (non-hydrogen) atoms. The van der Waals surface area contributed by atoms with Gasteiger partial charge in [0.1, 0.15) is 22.3 Å². The molecular formula is C46H29NO2. The summed E-state index contributed by atoms with van der Waals surface area (Å²) in [6, 6.07) is 62.2. The first-order valence-corrected chi connectivity index (χ1v) is 16.6. The van der Waals surface area contributed by atoms with E-state index in [0.29, 0.717) is 0 Å². The quantitative estimate of drug-likeness (QED) is 0.190. The monoisotopic (exact) mass is 627 g/mol. The highest BCUT2D eigenvalue weighted by Gasteiger charge is 2.18. The first-order valence-electron chi connectivity index (χ1n) is 16.6. The standard InChI is InChI=1S/C46H29NO2/c1-2-10-30(11-3-1)31-20-23-35(24-21-31)47(37-25-22-32-29-45-41(28-34(32)27-37)39-14-4-6-17-42(39)49-45)36-13-8-12-33(26-36)38-16-9-19-44-46(38)40-15-5-7-18-43(40)48-44/h1-29H. The number of hydrogen-bond donors (Lipinski definition) is 0. The molecule has 0 saturated carbocycles. The molecule has 0 bridgehead atoms. The molecule has 3 nitrogen and oxygen atoms in total. The van der Waals surface area contributed by atoms with Gasteiger partial charge in [0.2, 0.25) is 0 Å². The summed E-state index contributed by atoms with van der Waals surface area (Å²) in [4.78, 5) is 2.35. The molecule has 0 N–H and O–H groups in total. The average molecular weight is 628 g/mol. The van der Waals surface area contributed by atoms with E-state index in [0.717, 1.165) is 82.8 Å². The lowest BCUT2D eigenvalue weighted by molar-refractivity contribution is 0.669. The molecule has 10 rings (SSSR count). The zero-order chi connectivity index (χ0) is 32.3. The number of anilines is 3. The fourth-order valence-corrected chi connectivity index (χ4v) is 7.30. The van der Waals surface area contributed by atoms with E-state index in [4.69, 9.17) is 8.83 Å². The average Bonchev–Trinajstić information content (AvgIpc) is 3.73. The number of rotatable bonds is 5. The lowest BCUT2D eigenvalue weighted by Crippen LogP contribution is -2.10. The Morgan fingerprint density at radius 2 is 0.959 bits per heavy atom. The largest absolute Gasteiger partial charge is 0.456 e. The van der Waals surface area contributed by atoms with Crippen LogP contribution in [-0.4, -0.2) is 0 Å². The van der Waals surface area contributed by atoms with Gasteiger partial charge < -0.3 is 13.7 Å². The minimum Gasteiger partial charge on any atom is -0.456 e. The molecule has 0 saturated heterocycles. The van der Waals surface area contributed by atoms with Gasteiger partial charge in [-0.2, -0.15) is 0 Å². The van der Waals surface area contributed by atoms with Crippen LogP contribution in [0.5, 0.6) is 0 Å². The molecule has 0 radical (unpaired) electrons. The Balaban J connectivity index is 1.15. The highest BCUT2D eigenvalue weighted by atomic mass is 16.3. The second-order valence-electron chi connectivity index (χ2n) is 12.6. The van der Waals surface area contributed by atoms with E-state index in [9.17, 15) is 0 Å². The van der Waals surface area contributed by atoms with Crippen LogP contribution in [0.4, 0.5) is 17.1 Å². The third-order valence-electron chi connectivity index (χ3n) is 9.63.